The van der Waals surface area contributed by atoms with Gasteiger partial charge in [-0.3, -0.25) is 0 Å². The minimum absolute atomic E-state index is 0.325. The summed E-state index contributed by atoms with van der Waals surface area (Å²) in [6.45, 7) is 0. The van der Waals surface area contributed by atoms with Crippen LogP contribution in [0.15, 0.2) is 54.7 Å². The summed E-state index contributed by atoms with van der Waals surface area (Å²) >= 11 is 0.325. The molecule has 0 fully saturated rings. The number of nitrogens with one attached hydrogen (secondary N) is 1. The van der Waals surface area contributed by atoms with Crippen molar-refractivity contribution in [1.29, 1.82) is 0 Å². The molecule has 1 heterocycles. The van der Waals surface area contributed by atoms with Crippen LogP contribution >= 0.6 is 0 Å². The van der Waals surface area contributed by atoms with E-state index in [1.54, 1.807) is 7.11 Å². The van der Waals surface area contributed by atoms with Crippen molar-refractivity contribution in [3.05, 3.63) is 54.7 Å². The van der Waals surface area contributed by atoms with E-state index in [2.05, 4.69) is 53.6 Å². The van der Waals surface area contributed by atoms with Crippen LogP contribution in [0, 0.1) is 0 Å². The third kappa shape index (κ3) is 2.15. The maximum atomic E-state index is 5.29. The van der Waals surface area contributed by atoms with Crippen LogP contribution < -0.4 is 13.7 Å². The molecule has 0 atom stereocenters. The van der Waals surface area contributed by atoms with Gasteiger partial charge >= 0.3 is 112 Å². The molecule has 0 spiro atoms. The van der Waals surface area contributed by atoms with E-state index < -0.39 is 0 Å². The topological polar surface area (TPSA) is 25.0 Å². The summed E-state index contributed by atoms with van der Waals surface area (Å²) in [5, 5.41) is 1.26. The van der Waals surface area contributed by atoms with Gasteiger partial charge in [0, 0.05) is 0 Å². The summed E-state index contributed by atoms with van der Waals surface area (Å²) in [6, 6.07) is 16.7. The second-order valence-corrected chi connectivity index (χ2v) is 6.32. The van der Waals surface area contributed by atoms with E-state index in [0.717, 1.165) is 5.75 Å². The van der Waals surface area contributed by atoms with Gasteiger partial charge in [-0.1, -0.05) is 0 Å². The maximum absolute atomic E-state index is 5.29. The van der Waals surface area contributed by atoms with Crippen LogP contribution in [0.3, 0.4) is 0 Å². The zero-order valence-corrected chi connectivity index (χ0v) is 11.7. The summed E-state index contributed by atoms with van der Waals surface area (Å²) in [4.78, 5) is 3.32. The van der Waals surface area contributed by atoms with Crippen molar-refractivity contribution < 1.29 is 4.74 Å². The standard InChI is InChI=1S/C15H13NOSe/c1-17-11-7-8-14-13(9-11)15(10-16-14)18-12-5-3-2-4-6-12/h2-10,16H,1H3. The van der Waals surface area contributed by atoms with Gasteiger partial charge in [-0.05, 0) is 0 Å². The number of hydrogen-bond acceptors (Lipinski definition) is 1. The van der Waals surface area contributed by atoms with E-state index in [9.17, 15) is 0 Å². The van der Waals surface area contributed by atoms with Crippen LogP contribution in [0.1, 0.15) is 0 Å². The van der Waals surface area contributed by atoms with Crippen LogP contribution in [0.4, 0.5) is 0 Å². The Kier molecular flexibility index (Phi) is 3.09. The van der Waals surface area contributed by atoms with E-state index in [4.69, 9.17) is 4.74 Å². The molecule has 0 saturated heterocycles. The number of H-pyrrole nitrogens is 1. The molecule has 0 aliphatic carbocycles. The molecular formula is C15H13NOSe. The molecule has 0 aliphatic rings. The van der Waals surface area contributed by atoms with Gasteiger partial charge in [0.15, 0.2) is 0 Å². The molecule has 0 aliphatic heterocycles. The van der Waals surface area contributed by atoms with Crippen molar-refractivity contribution in [1.82, 2.24) is 4.98 Å². The fourth-order valence-corrected chi connectivity index (χ4v) is 3.88. The Morgan fingerprint density at radius 3 is 2.67 bits per heavy atom. The average Bonchev–Trinajstić information content (AvgIpc) is 2.82. The van der Waals surface area contributed by atoms with Crippen LogP contribution in [-0.4, -0.2) is 27.1 Å². The Hall–Kier alpha value is -1.70. The van der Waals surface area contributed by atoms with Crippen molar-refractivity contribution in [2.45, 2.75) is 0 Å². The number of benzene rings is 2. The third-order valence-corrected chi connectivity index (χ3v) is 5.06. The van der Waals surface area contributed by atoms with Crippen LogP contribution in [0.2, 0.25) is 0 Å². The molecule has 0 radical (unpaired) electrons. The van der Waals surface area contributed by atoms with Crippen molar-refractivity contribution >= 4 is 34.8 Å². The number of hydrogen-bond donors (Lipinski definition) is 1. The number of methoxy groups -OCH3 is 1. The number of rotatable bonds is 3. The van der Waals surface area contributed by atoms with Crippen molar-refractivity contribution in [3.8, 4) is 5.75 Å². The first kappa shape index (κ1) is 11.4. The van der Waals surface area contributed by atoms with Gasteiger partial charge in [0.05, 0.1) is 0 Å². The molecule has 2 aromatic carbocycles. The van der Waals surface area contributed by atoms with Crippen LogP contribution in [0.25, 0.3) is 10.9 Å². The molecule has 18 heavy (non-hydrogen) atoms. The predicted molar refractivity (Wildman–Crippen MR) is 76.3 cm³/mol. The van der Waals surface area contributed by atoms with Crippen LogP contribution in [0.5, 0.6) is 5.75 Å². The first-order valence-corrected chi connectivity index (χ1v) is 7.46. The van der Waals surface area contributed by atoms with E-state index in [-0.39, 0.29) is 0 Å². The number of ether oxygens (including phenoxy) is 1. The zero-order valence-electron chi connectivity index (χ0n) is 10.0. The van der Waals surface area contributed by atoms with Gasteiger partial charge in [-0.15, -0.1) is 0 Å². The van der Waals surface area contributed by atoms with E-state index in [1.165, 1.54) is 19.8 Å². The molecule has 3 aromatic rings. The summed E-state index contributed by atoms with van der Waals surface area (Å²) in [7, 11) is 1.70. The summed E-state index contributed by atoms with van der Waals surface area (Å²) in [6.07, 6.45) is 2.11. The number of fused-ring (bicyclic) bond motifs is 1. The van der Waals surface area contributed by atoms with Gasteiger partial charge < -0.3 is 0 Å². The first-order valence-electron chi connectivity index (χ1n) is 5.75. The number of aromatic nitrogens is 1. The summed E-state index contributed by atoms with van der Waals surface area (Å²) in [5.41, 5.74) is 1.17. The van der Waals surface area contributed by atoms with Crippen LogP contribution in [-0.2, 0) is 0 Å². The Balaban J connectivity index is 2.01. The van der Waals surface area contributed by atoms with Gasteiger partial charge in [0.25, 0.3) is 0 Å². The second-order valence-electron chi connectivity index (χ2n) is 3.98. The first-order chi connectivity index (χ1) is 8.86. The summed E-state index contributed by atoms with van der Waals surface area (Å²) in [5.74, 6) is 0.909. The molecule has 1 aromatic heterocycles. The average molecular weight is 302 g/mol. The molecule has 3 heteroatoms. The molecule has 1 N–H and O–H groups in total. The van der Waals surface area contributed by atoms with E-state index in [0.29, 0.717) is 15.0 Å². The third-order valence-electron chi connectivity index (χ3n) is 2.82. The molecule has 0 saturated carbocycles. The predicted octanol–water partition coefficient (Wildman–Crippen LogP) is 1.83. The normalized spacial score (nSPS) is 10.7. The molecule has 3 rings (SSSR count). The molecule has 90 valence electrons. The molecular weight excluding hydrogens is 289 g/mol. The van der Waals surface area contributed by atoms with E-state index >= 15 is 0 Å². The monoisotopic (exact) mass is 303 g/mol. The summed E-state index contributed by atoms with van der Waals surface area (Å²) < 4.78 is 8.04. The van der Waals surface area contributed by atoms with Crippen molar-refractivity contribution in [2.24, 2.45) is 0 Å². The Bertz CT molecular complexity index is 661. The molecule has 0 bridgehead atoms. The number of aromatic amines is 1. The fraction of sp³-hybridized carbons (Fsp3) is 0.0667. The SMILES string of the molecule is COc1ccc2[nH]cc([Se]c3ccccc3)c2c1. The second kappa shape index (κ2) is 4.89. The van der Waals surface area contributed by atoms with E-state index in [1.807, 2.05) is 6.07 Å². The van der Waals surface area contributed by atoms with Gasteiger partial charge in [0.2, 0.25) is 0 Å². The molecule has 2 nitrogen and oxygen atoms in total. The minimum atomic E-state index is 0.325. The quantitative estimate of drug-likeness (QED) is 0.734. The van der Waals surface area contributed by atoms with Gasteiger partial charge in [0.1, 0.15) is 0 Å². The molecule has 0 amide bonds. The Morgan fingerprint density at radius 2 is 1.89 bits per heavy atom. The van der Waals surface area contributed by atoms with Crippen molar-refractivity contribution in [3.63, 3.8) is 0 Å². The fourth-order valence-electron chi connectivity index (χ4n) is 1.90. The van der Waals surface area contributed by atoms with Gasteiger partial charge in [-0.25, -0.2) is 0 Å². The van der Waals surface area contributed by atoms with Gasteiger partial charge in [-0.2, -0.15) is 0 Å². The van der Waals surface area contributed by atoms with Crippen molar-refractivity contribution in [2.75, 3.05) is 7.11 Å². The Labute approximate surface area is 112 Å². The Morgan fingerprint density at radius 1 is 1.06 bits per heavy atom. The zero-order chi connectivity index (χ0) is 12.4. The molecule has 0 unspecified atom stereocenters.